The van der Waals surface area contributed by atoms with Crippen molar-refractivity contribution in [2.24, 2.45) is 0 Å². The van der Waals surface area contributed by atoms with Crippen LogP contribution in [0.25, 0.3) is 16.6 Å². The average molecular weight is 296 g/mol. The fourth-order valence-corrected chi connectivity index (χ4v) is 2.87. The van der Waals surface area contributed by atoms with E-state index in [4.69, 9.17) is 12.2 Å². The SMILES string of the molecule is CCc1cc(O)cc2ncn(-c3ccc(C)cc3)c(=S)c12. The van der Waals surface area contributed by atoms with Gasteiger partial charge in [-0.3, -0.25) is 4.57 Å². The molecule has 21 heavy (non-hydrogen) atoms. The van der Waals surface area contributed by atoms with Crippen LogP contribution in [-0.4, -0.2) is 14.7 Å². The van der Waals surface area contributed by atoms with E-state index >= 15 is 0 Å². The van der Waals surface area contributed by atoms with E-state index in [1.54, 1.807) is 18.5 Å². The van der Waals surface area contributed by atoms with Crippen LogP contribution in [0.1, 0.15) is 18.1 Å². The van der Waals surface area contributed by atoms with Gasteiger partial charge in [0.2, 0.25) is 0 Å². The van der Waals surface area contributed by atoms with E-state index in [0.29, 0.717) is 0 Å². The maximum absolute atomic E-state index is 9.77. The summed E-state index contributed by atoms with van der Waals surface area (Å²) in [6.07, 6.45) is 2.52. The Labute approximate surface area is 128 Å². The predicted octanol–water partition coefficient (Wildman–Crippen LogP) is 4.33. The Morgan fingerprint density at radius 3 is 2.57 bits per heavy atom. The molecule has 2 aromatic carbocycles. The lowest BCUT2D eigenvalue weighted by Crippen LogP contribution is -2.01. The minimum absolute atomic E-state index is 0.231. The molecular formula is C17H16N2OS. The summed E-state index contributed by atoms with van der Waals surface area (Å²) in [7, 11) is 0. The second kappa shape index (κ2) is 5.30. The van der Waals surface area contributed by atoms with Gasteiger partial charge < -0.3 is 5.11 Å². The van der Waals surface area contributed by atoms with Crippen molar-refractivity contribution in [3.8, 4) is 11.4 Å². The highest BCUT2D eigenvalue weighted by molar-refractivity contribution is 7.71. The first-order valence-corrected chi connectivity index (χ1v) is 7.31. The number of phenols is 1. The highest BCUT2D eigenvalue weighted by atomic mass is 32.1. The molecule has 0 aliphatic rings. The van der Waals surface area contributed by atoms with Crippen molar-refractivity contribution in [1.29, 1.82) is 0 Å². The maximum Gasteiger partial charge on any atom is 0.121 e. The van der Waals surface area contributed by atoms with E-state index in [1.165, 1.54) is 5.56 Å². The zero-order valence-corrected chi connectivity index (χ0v) is 12.8. The van der Waals surface area contributed by atoms with Crippen LogP contribution < -0.4 is 0 Å². The highest BCUT2D eigenvalue weighted by Gasteiger charge is 2.08. The van der Waals surface area contributed by atoms with Gasteiger partial charge in [0.15, 0.2) is 0 Å². The standard InChI is InChI=1S/C17H16N2OS/c1-3-12-8-14(20)9-15-16(12)17(21)19(10-18-15)13-6-4-11(2)5-7-13/h4-10,20H,3H2,1-2H3. The van der Waals surface area contributed by atoms with Gasteiger partial charge in [-0.25, -0.2) is 4.98 Å². The van der Waals surface area contributed by atoms with Crippen molar-refractivity contribution < 1.29 is 5.11 Å². The number of benzene rings is 2. The summed E-state index contributed by atoms with van der Waals surface area (Å²) >= 11 is 5.65. The van der Waals surface area contributed by atoms with Crippen LogP contribution in [0.15, 0.2) is 42.7 Å². The molecule has 0 amide bonds. The molecule has 0 aliphatic heterocycles. The van der Waals surface area contributed by atoms with Crippen LogP contribution >= 0.6 is 12.2 Å². The lowest BCUT2D eigenvalue weighted by molar-refractivity contribution is 0.475. The van der Waals surface area contributed by atoms with Gasteiger partial charge in [0.25, 0.3) is 0 Å². The van der Waals surface area contributed by atoms with E-state index < -0.39 is 0 Å². The molecule has 106 valence electrons. The molecule has 0 spiro atoms. The molecule has 0 aliphatic carbocycles. The van der Waals surface area contributed by atoms with E-state index in [2.05, 4.69) is 24.0 Å². The van der Waals surface area contributed by atoms with Gasteiger partial charge in [-0.2, -0.15) is 0 Å². The van der Waals surface area contributed by atoms with Crippen molar-refractivity contribution in [3.63, 3.8) is 0 Å². The molecule has 3 nitrogen and oxygen atoms in total. The first-order chi connectivity index (χ1) is 10.1. The van der Waals surface area contributed by atoms with Gasteiger partial charge in [-0.05, 0) is 37.1 Å². The molecular weight excluding hydrogens is 280 g/mol. The predicted molar refractivity (Wildman–Crippen MR) is 87.7 cm³/mol. The number of aryl methyl sites for hydroxylation is 2. The largest absolute Gasteiger partial charge is 0.508 e. The first kappa shape index (κ1) is 13.8. The lowest BCUT2D eigenvalue weighted by Gasteiger charge is -2.11. The smallest absolute Gasteiger partial charge is 0.121 e. The van der Waals surface area contributed by atoms with Gasteiger partial charge in [0, 0.05) is 17.1 Å². The molecule has 0 unspecified atom stereocenters. The summed E-state index contributed by atoms with van der Waals surface area (Å²) in [6.45, 7) is 4.10. The van der Waals surface area contributed by atoms with Crippen LogP contribution in [0, 0.1) is 11.6 Å². The number of aromatic nitrogens is 2. The summed E-state index contributed by atoms with van der Waals surface area (Å²) in [4.78, 5) is 4.45. The van der Waals surface area contributed by atoms with Gasteiger partial charge >= 0.3 is 0 Å². The molecule has 1 heterocycles. The Bertz CT molecular complexity index is 866. The summed E-state index contributed by atoms with van der Waals surface area (Å²) in [5.74, 6) is 0.231. The number of hydrogen-bond donors (Lipinski definition) is 1. The third kappa shape index (κ3) is 2.43. The fourth-order valence-electron chi connectivity index (χ4n) is 2.48. The minimum atomic E-state index is 0.231. The van der Waals surface area contributed by atoms with E-state index in [1.807, 2.05) is 23.6 Å². The molecule has 0 radical (unpaired) electrons. The quantitative estimate of drug-likeness (QED) is 0.715. The normalized spacial score (nSPS) is 11.0. The molecule has 3 aromatic rings. The molecule has 1 aromatic heterocycles. The van der Waals surface area contributed by atoms with Crippen molar-refractivity contribution >= 4 is 23.1 Å². The molecule has 0 atom stereocenters. The number of phenolic OH excluding ortho intramolecular Hbond substituents is 1. The highest BCUT2D eigenvalue weighted by Crippen LogP contribution is 2.26. The van der Waals surface area contributed by atoms with E-state index in [-0.39, 0.29) is 5.75 Å². The number of nitrogens with zero attached hydrogens (tertiary/aromatic N) is 2. The molecule has 0 fully saturated rings. The minimum Gasteiger partial charge on any atom is -0.508 e. The number of aromatic hydroxyl groups is 1. The summed E-state index contributed by atoms with van der Waals surface area (Å²) < 4.78 is 2.63. The van der Waals surface area contributed by atoms with Gasteiger partial charge in [-0.1, -0.05) is 36.8 Å². The maximum atomic E-state index is 9.77. The number of fused-ring (bicyclic) bond motifs is 1. The van der Waals surface area contributed by atoms with Crippen LogP contribution in [0.3, 0.4) is 0 Å². The zero-order chi connectivity index (χ0) is 15.0. The fraction of sp³-hybridized carbons (Fsp3) is 0.176. The average Bonchev–Trinajstić information content (AvgIpc) is 2.48. The van der Waals surface area contributed by atoms with Crippen LogP contribution in [0.5, 0.6) is 5.75 Å². The van der Waals surface area contributed by atoms with Crippen molar-refractivity contribution in [2.45, 2.75) is 20.3 Å². The Morgan fingerprint density at radius 1 is 1.19 bits per heavy atom. The van der Waals surface area contributed by atoms with Crippen LogP contribution in [0.4, 0.5) is 0 Å². The summed E-state index contributed by atoms with van der Waals surface area (Å²) in [5, 5.41) is 10.7. The number of rotatable bonds is 2. The lowest BCUT2D eigenvalue weighted by atomic mass is 10.1. The Hall–Kier alpha value is -2.20. The van der Waals surface area contributed by atoms with Crippen molar-refractivity contribution in [3.05, 3.63) is 58.5 Å². The van der Waals surface area contributed by atoms with Gasteiger partial charge in [0.1, 0.15) is 16.7 Å². The van der Waals surface area contributed by atoms with Crippen molar-refractivity contribution in [2.75, 3.05) is 0 Å². The number of hydrogen-bond acceptors (Lipinski definition) is 3. The first-order valence-electron chi connectivity index (χ1n) is 6.90. The molecule has 0 bridgehead atoms. The monoisotopic (exact) mass is 296 g/mol. The third-order valence-corrected chi connectivity index (χ3v) is 4.02. The van der Waals surface area contributed by atoms with E-state index in [9.17, 15) is 5.11 Å². The molecule has 0 saturated carbocycles. The third-order valence-electron chi connectivity index (χ3n) is 3.62. The molecule has 3 rings (SSSR count). The molecule has 0 saturated heterocycles. The Balaban J connectivity index is 2.32. The second-order valence-corrected chi connectivity index (χ2v) is 5.49. The molecule has 4 heteroatoms. The zero-order valence-electron chi connectivity index (χ0n) is 12.0. The van der Waals surface area contributed by atoms with Gasteiger partial charge in [-0.15, -0.1) is 0 Å². The van der Waals surface area contributed by atoms with Gasteiger partial charge in [0.05, 0.1) is 5.52 Å². The van der Waals surface area contributed by atoms with Crippen molar-refractivity contribution in [1.82, 2.24) is 9.55 Å². The topological polar surface area (TPSA) is 38.1 Å². The van der Waals surface area contributed by atoms with Crippen LogP contribution in [0.2, 0.25) is 0 Å². The Kier molecular flexibility index (Phi) is 3.47. The Morgan fingerprint density at radius 2 is 1.90 bits per heavy atom. The summed E-state index contributed by atoms with van der Waals surface area (Å²) in [5.41, 5.74) is 3.96. The van der Waals surface area contributed by atoms with Crippen LogP contribution in [-0.2, 0) is 6.42 Å². The summed E-state index contributed by atoms with van der Waals surface area (Å²) in [6, 6.07) is 11.6. The second-order valence-electron chi connectivity index (χ2n) is 5.11. The van der Waals surface area contributed by atoms with E-state index in [0.717, 1.165) is 33.2 Å². The molecule has 1 N–H and O–H groups in total.